The predicted octanol–water partition coefficient (Wildman–Crippen LogP) is 7.88. The lowest BCUT2D eigenvalue weighted by Crippen LogP contribution is -2.30. The Labute approximate surface area is 313 Å². The maximum atomic E-state index is 14.1. The number of H-pyrrole nitrogens is 3. The number of nitrogens with one attached hydrogen (secondary N) is 4. The van der Waals surface area contributed by atoms with Gasteiger partial charge in [0.25, 0.3) is 5.56 Å². The van der Waals surface area contributed by atoms with Crippen LogP contribution in [0.3, 0.4) is 0 Å². The summed E-state index contributed by atoms with van der Waals surface area (Å²) < 4.78 is 43.1. The zero-order chi connectivity index (χ0) is 38.2. The first-order valence-electron chi connectivity index (χ1n) is 17.6. The molecule has 0 spiro atoms. The minimum atomic E-state index is -0.535. The Kier molecular flexibility index (Phi) is 7.45. The molecule has 0 amide bonds. The fourth-order valence-corrected chi connectivity index (χ4v) is 7.91. The Morgan fingerprint density at radius 1 is 0.750 bits per heavy atom. The van der Waals surface area contributed by atoms with Crippen LogP contribution in [0.1, 0.15) is 34.7 Å². The number of anilines is 1. The molecule has 2 atom stereocenters. The predicted molar refractivity (Wildman–Crippen MR) is 207 cm³/mol. The van der Waals surface area contributed by atoms with E-state index in [9.17, 15) is 18.0 Å². The quantitative estimate of drug-likeness (QED) is 0.133. The van der Waals surface area contributed by atoms with Crippen LogP contribution in [0, 0.1) is 24.4 Å². The van der Waals surface area contributed by atoms with Crippen LogP contribution in [0.15, 0.2) is 102 Å². The highest BCUT2D eigenvalue weighted by Gasteiger charge is 2.37. The smallest absolute Gasteiger partial charge is 0.272 e. The molecule has 15 heteroatoms. The largest absolute Gasteiger partial charge is 0.376 e. The number of imidazole rings is 1. The second-order valence-electron chi connectivity index (χ2n) is 13.6. The van der Waals surface area contributed by atoms with Gasteiger partial charge in [0, 0.05) is 63.4 Å². The van der Waals surface area contributed by atoms with Gasteiger partial charge in [0.1, 0.15) is 35.4 Å². The molecule has 4 aromatic carbocycles. The average molecular weight is 748 g/mol. The molecule has 0 aliphatic carbocycles. The van der Waals surface area contributed by atoms with Gasteiger partial charge in [0.05, 0.1) is 45.1 Å². The molecule has 274 valence electrons. The van der Waals surface area contributed by atoms with Crippen molar-refractivity contribution >= 4 is 60.2 Å². The van der Waals surface area contributed by atoms with Crippen LogP contribution in [0.4, 0.5) is 18.9 Å². The molecule has 10 aromatic rings. The number of nitrogens with zero attached hydrogens (tertiary/aromatic N) is 7. The average Bonchev–Trinajstić information content (AvgIpc) is 3.92. The van der Waals surface area contributed by atoms with Crippen molar-refractivity contribution in [3.63, 3.8) is 0 Å². The first-order valence-corrected chi connectivity index (χ1v) is 17.6. The molecule has 1 aliphatic rings. The second kappa shape index (κ2) is 12.6. The summed E-state index contributed by atoms with van der Waals surface area (Å²) in [6.07, 6.45) is 4.97. The second-order valence-corrected chi connectivity index (χ2v) is 13.6. The van der Waals surface area contributed by atoms with E-state index in [1.807, 2.05) is 31.2 Å². The van der Waals surface area contributed by atoms with E-state index in [2.05, 4.69) is 45.5 Å². The topological polar surface area (TPSA) is 159 Å². The van der Waals surface area contributed by atoms with E-state index in [4.69, 9.17) is 4.98 Å². The zero-order valence-electron chi connectivity index (χ0n) is 29.6. The van der Waals surface area contributed by atoms with Crippen molar-refractivity contribution < 1.29 is 13.2 Å². The highest BCUT2D eigenvalue weighted by atomic mass is 19.1. The lowest BCUT2D eigenvalue weighted by molar-refractivity contribution is 0.562. The SMILES string of the molecule is Cc1[nH]c2ccc(F)cc2c1-c1nc2c3cccnc3c3ncccc3c2[nH]1.Cn1ncnc1[C@H]1c2n[nH]c(=O)c3cc(F)cc(c23)N[C@@H]1c1ccc(F)cc1. The monoisotopic (exact) mass is 747 g/mol. The van der Waals surface area contributed by atoms with Gasteiger partial charge in [-0.1, -0.05) is 12.1 Å². The van der Waals surface area contributed by atoms with Crippen molar-refractivity contribution in [3.8, 4) is 11.4 Å². The molecule has 0 saturated heterocycles. The number of aromatic amines is 3. The molecule has 1 aliphatic heterocycles. The molecule has 0 bridgehead atoms. The summed E-state index contributed by atoms with van der Waals surface area (Å²) in [6, 6.07) is 20.7. The fraction of sp³-hybridized carbons (Fsp3) is 0.0976. The third kappa shape index (κ3) is 5.19. The molecule has 0 unspecified atom stereocenters. The standard InChI is InChI=1S/C22H14FN5.C19H14F2N6O/c1-11-17(15-10-12(23)6-7-16(15)26-11)22-27-20-13-4-2-8-24-18(13)19-14(21(20)28-22)5-3-9-25-19;1-27-18(22-8-23-27)15-16(9-2-4-10(20)5-3-9)24-13-7-11(21)6-12-14(13)17(15)25-26-19(12)28/h2-10,26H,1H3,(H,27,28);2-8,15-16,24H,1H3,(H,26,28)/t;15-,16-/m.1/s1. The number of rotatable bonds is 3. The molecule has 0 fully saturated rings. The number of hydrogen-bond acceptors (Lipinski definition) is 8. The van der Waals surface area contributed by atoms with E-state index in [-0.39, 0.29) is 17.0 Å². The zero-order valence-corrected chi connectivity index (χ0v) is 29.6. The van der Waals surface area contributed by atoms with Gasteiger partial charge in [-0.05, 0) is 79.2 Å². The number of aryl methyl sites for hydroxylation is 2. The van der Waals surface area contributed by atoms with Gasteiger partial charge in [-0.3, -0.25) is 19.4 Å². The normalized spacial score (nSPS) is 15.1. The van der Waals surface area contributed by atoms with E-state index in [0.717, 1.165) is 60.6 Å². The van der Waals surface area contributed by atoms with Gasteiger partial charge < -0.3 is 15.3 Å². The summed E-state index contributed by atoms with van der Waals surface area (Å²) in [4.78, 5) is 37.4. The number of fused-ring (bicyclic) bond motifs is 7. The lowest BCUT2D eigenvalue weighted by Gasteiger charge is -2.33. The molecular formula is C41H28F3N11O. The van der Waals surface area contributed by atoms with Crippen molar-refractivity contribution in [3.05, 3.63) is 148 Å². The first-order chi connectivity index (χ1) is 27.2. The third-order valence-corrected chi connectivity index (χ3v) is 10.3. The summed E-state index contributed by atoms with van der Waals surface area (Å²) in [6.45, 7) is 1.97. The molecule has 0 radical (unpaired) electrons. The molecule has 12 nitrogen and oxygen atoms in total. The Morgan fingerprint density at radius 3 is 2.25 bits per heavy atom. The van der Waals surface area contributed by atoms with Gasteiger partial charge in [-0.2, -0.15) is 10.2 Å². The Balaban J connectivity index is 0.000000137. The number of hydrogen-bond donors (Lipinski definition) is 4. The van der Waals surface area contributed by atoms with E-state index in [0.29, 0.717) is 28.4 Å². The molecule has 0 saturated carbocycles. The lowest BCUT2D eigenvalue weighted by atomic mass is 9.83. The molecule has 56 heavy (non-hydrogen) atoms. The minimum Gasteiger partial charge on any atom is -0.376 e. The Hall–Kier alpha value is -7.42. The summed E-state index contributed by atoms with van der Waals surface area (Å²) >= 11 is 0. The maximum Gasteiger partial charge on any atom is 0.272 e. The Morgan fingerprint density at radius 2 is 1.48 bits per heavy atom. The van der Waals surface area contributed by atoms with Crippen molar-refractivity contribution in [2.45, 2.75) is 18.9 Å². The van der Waals surface area contributed by atoms with Crippen molar-refractivity contribution in [2.24, 2.45) is 7.05 Å². The van der Waals surface area contributed by atoms with Crippen LogP contribution in [0.2, 0.25) is 0 Å². The number of aromatic nitrogens is 10. The van der Waals surface area contributed by atoms with Gasteiger partial charge in [-0.25, -0.2) is 28.2 Å². The number of benzene rings is 4. The highest BCUT2D eigenvalue weighted by molar-refractivity contribution is 6.21. The summed E-state index contributed by atoms with van der Waals surface area (Å²) in [5.74, 6) is -0.287. The highest BCUT2D eigenvalue weighted by Crippen LogP contribution is 2.46. The molecule has 4 N–H and O–H groups in total. The first kappa shape index (κ1) is 33.2. The minimum absolute atomic E-state index is 0.206. The van der Waals surface area contributed by atoms with Crippen LogP contribution in [0.25, 0.3) is 65.9 Å². The Bertz CT molecular complexity index is 3170. The van der Waals surface area contributed by atoms with Gasteiger partial charge in [0.2, 0.25) is 0 Å². The van der Waals surface area contributed by atoms with Gasteiger partial charge in [-0.15, -0.1) is 0 Å². The number of halogens is 3. The summed E-state index contributed by atoms with van der Waals surface area (Å²) in [7, 11) is 1.76. The van der Waals surface area contributed by atoms with Crippen LogP contribution < -0.4 is 10.9 Å². The van der Waals surface area contributed by atoms with Crippen LogP contribution in [-0.2, 0) is 7.05 Å². The van der Waals surface area contributed by atoms with Crippen LogP contribution in [0.5, 0.6) is 0 Å². The van der Waals surface area contributed by atoms with Crippen molar-refractivity contribution in [1.29, 1.82) is 0 Å². The van der Waals surface area contributed by atoms with Gasteiger partial charge >= 0.3 is 0 Å². The van der Waals surface area contributed by atoms with Crippen LogP contribution in [-0.4, -0.2) is 49.9 Å². The third-order valence-electron chi connectivity index (χ3n) is 10.3. The molecule has 11 rings (SSSR count). The fourth-order valence-electron chi connectivity index (χ4n) is 7.91. The van der Waals surface area contributed by atoms with Crippen molar-refractivity contribution in [1.82, 2.24) is 49.9 Å². The maximum absolute atomic E-state index is 14.1. The summed E-state index contributed by atoms with van der Waals surface area (Å²) in [5.41, 5.74) is 7.39. The van der Waals surface area contributed by atoms with E-state index >= 15 is 0 Å². The van der Waals surface area contributed by atoms with Gasteiger partial charge in [0.15, 0.2) is 0 Å². The number of pyridine rings is 2. The van der Waals surface area contributed by atoms with E-state index < -0.39 is 23.3 Å². The molecule has 6 aromatic heterocycles. The van der Waals surface area contributed by atoms with Crippen molar-refractivity contribution in [2.75, 3.05) is 5.32 Å². The molecule has 7 heterocycles. The van der Waals surface area contributed by atoms with E-state index in [1.165, 1.54) is 36.7 Å². The molecular weight excluding hydrogens is 720 g/mol. The van der Waals surface area contributed by atoms with E-state index in [1.54, 1.807) is 48.4 Å². The summed E-state index contributed by atoms with van der Waals surface area (Å²) in [5, 5.41) is 17.6. The van der Waals surface area contributed by atoms with Crippen LogP contribution >= 0.6 is 0 Å².